The number of nitrogens with zero attached hydrogens (tertiary/aromatic N) is 1. The molecule has 2 amide bonds. The van der Waals surface area contributed by atoms with Gasteiger partial charge in [-0.25, -0.2) is 0 Å². The van der Waals surface area contributed by atoms with Crippen LogP contribution in [-0.4, -0.2) is 37.0 Å². The number of anilines is 1. The molecule has 1 aliphatic rings. The third-order valence-corrected chi connectivity index (χ3v) is 6.92. The highest BCUT2D eigenvalue weighted by molar-refractivity contribution is 5.99. The number of hydrogen-bond donors (Lipinski definition) is 2. The summed E-state index contributed by atoms with van der Waals surface area (Å²) in [7, 11) is 3.34. The average molecular weight is 498 g/mol. The van der Waals surface area contributed by atoms with E-state index in [0.717, 1.165) is 58.8 Å². The van der Waals surface area contributed by atoms with Crippen molar-refractivity contribution in [2.24, 2.45) is 0 Å². The molecule has 0 spiro atoms. The summed E-state index contributed by atoms with van der Waals surface area (Å²) in [6, 6.07) is 14.9. The summed E-state index contributed by atoms with van der Waals surface area (Å²) in [5.41, 5.74) is 7.09. The first-order chi connectivity index (χ1) is 17.9. The van der Waals surface area contributed by atoms with Crippen LogP contribution >= 0.6 is 0 Å². The Bertz CT molecular complexity index is 1300. The fourth-order valence-corrected chi connectivity index (χ4v) is 4.95. The number of aryl methyl sites for hydroxylation is 3. The van der Waals surface area contributed by atoms with Gasteiger partial charge in [0.2, 0.25) is 11.8 Å². The number of methoxy groups -OCH3 is 1. The number of nitrogens with one attached hydrogen (secondary N) is 2. The largest absolute Gasteiger partial charge is 0.497 e. The fraction of sp³-hybridized carbons (Fsp3) is 0.290. The molecule has 6 nitrogen and oxygen atoms in total. The highest BCUT2D eigenvalue weighted by Gasteiger charge is 2.27. The first kappa shape index (κ1) is 26.0. The lowest BCUT2D eigenvalue weighted by Crippen LogP contribution is -2.49. The van der Waals surface area contributed by atoms with Gasteiger partial charge in [-0.05, 0) is 72.7 Å². The second-order valence-electron chi connectivity index (χ2n) is 9.49. The van der Waals surface area contributed by atoms with Crippen molar-refractivity contribution in [3.8, 4) is 5.75 Å². The molecule has 2 aromatic carbocycles. The molecular formula is C31H35N3O3. The van der Waals surface area contributed by atoms with Gasteiger partial charge in [0.1, 0.15) is 11.8 Å². The zero-order chi connectivity index (χ0) is 26.4. The molecular weight excluding hydrogens is 462 g/mol. The molecule has 0 unspecified atom stereocenters. The Kier molecular flexibility index (Phi) is 8.29. The van der Waals surface area contributed by atoms with Gasteiger partial charge in [0, 0.05) is 30.5 Å². The number of carbonyl (C=O) groups is 2. The summed E-state index contributed by atoms with van der Waals surface area (Å²) in [6.07, 6.45) is 8.96. The molecule has 1 aliphatic heterocycles. The Labute approximate surface area is 219 Å². The number of benzene rings is 2. The third-order valence-electron chi connectivity index (χ3n) is 6.92. The average Bonchev–Trinajstić information content (AvgIpc) is 3.19. The Morgan fingerprint density at radius 3 is 2.62 bits per heavy atom. The van der Waals surface area contributed by atoms with E-state index in [4.69, 9.17) is 4.74 Å². The van der Waals surface area contributed by atoms with Gasteiger partial charge in [0.15, 0.2) is 0 Å². The number of rotatable bonds is 5. The number of aromatic nitrogens is 1. The van der Waals surface area contributed by atoms with Gasteiger partial charge in [-0.3, -0.25) is 9.59 Å². The normalized spacial score (nSPS) is 16.1. The van der Waals surface area contributed by atoms with E-state index in [2.05, 4.69) is 29.0 Å². The van der Waals surface area contributed by atoms with Gasteiger partial charge >= 0.3 is 0 Å². The molecule has 0 radical (unpaired) electrons. The van der Waals surface area contributed by atoms with E-state index >= 15 is 0 Å². The second kappa shape index (κ2) is 11.8. The topological polar surface area (TPSA) is 74.4 Å². The zero-order valence-corrected chi connectivity index (χ0v) is 21.8. The van der Waals surface area contributed by atoms with E-state index in [1.54, 1.807) is 25.1 Å². The van der Waals surface area contributed by atoms with Crippen LogP contribution in [0.15, 0.2) is 67.3 Å². The summed E-state index contributed by atoms with van der Waals surface area (Å²) in [6.45, 7) is 5.80. The van der Waals surface area contributed by atoms with Gasteiger partial charge in [-0.1, -0.05) is 49.1 Å². The number of fused-ring (bicyclic) bond motifs is 3. The lowest BCUT2D eigenvalue weighted by molar-refractivity contribution is -0.127. The van der Waals surface area contributed by atoms with Crippen molar-refractivity contribution in [3.05, 3.63) is 101 Å². The molecule has 0 saturated heterocycles. The first-order valence-corrected chi connectivity index (χ1v) is 12.7. The van der Waals surface area contributed by atoms with Gasteiger partial charge in [-0.2, -0.15) is 0 Å². The lowest BCUT2D eigenvalue weighted by Gasteiger charge is -2.25. The second-order valence-corrected chi connectivity index (χ2v) is 9.49. The van der Waals surface area contributed by atoms with Gasteiger partial charge in [0.05, 0.1) is 13.5 Å². The smallest absolute Gasteiger partial charge is 0.249 e. The third kappa shape index (κ3) is 6.20. The van der Waals surface area contributed by atoms with Gasteiger partial charge in [0.25, 0.3) is 0 Å². The van der Waals surface area contributed by atoms with E-state index in [1.165, 1.54) is 5.56 Å². The van der Waals surface area contributed by atoms with Crippen LogP contribution in [0.3, 0.4) is 0 Å². The summed E-state index contributed by atoms with van der Waals surface area (Å²) in [5, 5.41) is 3.06. The minimum Gasteiger partial charge on any atom is -0.497 e. The van der Waals surface area contributed by atoms with E-state index in [1.807, 2.05) is 55.5 Å². The lowest BCUT2D eigenvalue weighted by atomic mass is 9.99. The van der Waals surface area contributed by atoms with E-state index in [9.17, 15) is 9.59 Å². The molecule has 6 heteroatoms. The maximum atomic E-state index is 13.7. The predicted molar refractivity (Wildman–Crippen MR) is 149 cm³/mol. The molecule has 3 aromatic rings. The van der Waals surface area contributed by atoms with Gasteiger partial charge in [-0.15, -0.1) is 0 Å². The van der Waals surface area contributed by atoms with Crippen LogP contribution in [0.1, 0.15) is 40.1 Å². The van der Waals surface area contributed by atoms with Crippen molar-refractivity contribution >= 4 is 23.6 Å². The van der Waals surface area contributed by atoms with Crippen LogP contribution < -0.4 is 15.0 Å². The van der Waals surface area contributed by atoms with Crippen molar-refractivity contribution in [1.29, 1.82) is 0 Å². The maximum absolute atomic E-state index is 13.7. The monoisotopic (exact) mass is 497 g/mol. The molecule has 1 atom stereocenters. The number of aromatic amines is 1. The summed E-state index contributed by atoms with van der Waals surface area (Å²) >= 11 is 0. The van der Waals surface area contributed by atoms with Crippen molar-refractivity contribution in [1.82, 2.24) is 10.3 Å². The SMILES string of the molecule is C=C/C=C\c1c(C)[nH]c2c1CC(=O)N[C@H](C(=O)N(C)c1ccc(OC)cc1)Cc1cccc(c1)CCC2. The number of allylic oxidation sites excluding steroid dienone is 2. The molecule has 0 aliphatic carbocycles. The van der Waals surface area contributed by atoms with Crippen LogP contribution in [0.25, 0.3) is 6.08 Å². The number of ether oxygens (including phenoxy) is 1. The molecule has 4 rings (SSSR count). The molecule has 2 bridgehead atoms. The van der Waals surface area contributed by atoms with Crippen LogP contribution in [0.2, 0.25) is 0 Å². The number of hydrogen-bond acceptors (Lipinski definition) is 3. The molecule has 2 heterocycles. The summed E-state index contributed by atoms with van der Waals surface area (Å²) in [4.78, 5) is 32.2. The number of H-pyrrole nitrogens is 1. The van der Waals surface area contributed by atoms with Crippen LogP contribution in [0.4, 0.5) is 5.69 Å². The quantitative estimate of drug-likeness (QED) is 0.490. The first-order valence-electron chi connectivity index (χ1n) is 12.7. The molecule has 0 saturated carbocycles. The van der Waals surface area contributed by atoms with E-state index in [-0.39, 0.29) is 18.2 Å². The molecule has 0 fully saturated rings. The molecule has 37 heavy (non-hydrogen) atoms. The highest BCUT2D eigenvalue weighted by Crippen LogP contribution is 2.25. The maximum Gasteiger partial charge on any atom is 0.249 e. The van der Waals surface area contributed by atoms with Crippen molar-refractivity contribution in [2.45, 2.75) is 45.1 Å². The fourth-order valence-electron chi connectivity index (χ4n) is 4.95. The standard InChI is InChI=1S/C31H35N3O3/c1-5-6-12-26-21(2)32-28-13-8-10-22-9-7-11-23(18-22)19-29(33-30(35)20-27(26)28)31(36)34(3)24-14-16-25(37-4)17-15-24/h5-7,9,11-12,14-18,29,32H,1,8,10,13,19-20H2,2-4H3,(H,33,35)/b12-6-/t29-/m0/s1. The van der Waals surface area contributed by atoms with Crippen LogP contribution in [0, 0.1) is 6.92 Å². The number of amides is 2. The van der Waals surface area contributed by atoms with Crippen molar-refractivity contribution < 1.29 is 14.3 Å². The minimum absolute atomic E-state index is 0.170. The molecule has 2 N–H and O–H groups in total. The minimum atomic E-state index is -0.703. The van der Waals surface area contributed by atoms with E-state index < -0.39 is 6.04 Å². The Hall–Kier alpha value is -4.06. The zero-order valence-electron chi connectivity index (χ0n) is 21.8. The molecule has 1 aromatic heterocycles. The highest BCUT2D eigenvalue weighted by atomic mass is 16.5. The van der Waals surface area contributed by atoms with Crippen molar-refractivity contribution in [2.75, 3.05) is 19.1 Å². The Morgan fingerprint density at radius 2 is 1.89 bits per heavy atom. The van der Waals surface area contributed by atoms with Gasteiger partial charge < -0.3 is 19.9 Å². The number of carbonyl (C=O) groups excluding carboxylic acids is 2. The summed E-state index contributed by atoms with van der Waals surface area (Å²) < 4.78 is 5.24. The van der Waals surface area contributed by atoms with Crippen LogP contribution in [-0.2, 0) is 35.3 Å². The van der Waals surface area contributed by atoms with Crippen molar-refractivity contribution in [3.63, 3.8) is 0 Å². The molecule has 192 valence electrons. The Balaban J connectivity index is 1.67. The summed E-state index contributed by atoms with van der Waals surface area (Å²) in [5.74, 6) is 0.372. The van der Waals surface area contributed by atoms with Crippen LogP contribution in [0.5, 0.6) is 5.75 Å². The predicted octanol–water partition coefficient (Wildman–Crippen LogP) is 4.95. The number of likely N-dealkylation sites (N-methyl/N-ethyl adjacent to an activating group) is 1. The van der Waals surface area contributed by atoms with E-state index in [0.29, 0.717) is 6.42 Å². The Morgan fingerprint density at radius 1 is 1.14 bits per heavy atom.